The van der Waals surface area contributed by atoms with Crippen LogP contribution in [0.4, 0.5) is 13.2 Å². The summed E-state index contributed by atoms with van der Waals surface area (Å²) in [6.07, 6.45) is 0.769. The highest BCUT2D eigenvalue weighted by Crippen LogP contribution is 2.25. The van der Waals surface area contributed by atoms with Crippen molar-refractivity contribution in [3.05, 3.63) is 23.9 Å². The van der Waals surface area contributed by atoms with E-state index in [4.69, 9.17) is 0 Å². The molecule has 7 heteroatoms. The quantitative estimate of drug-likeness (QED) is 0.927. The van der Waals surface area contributed by atoms with E-state index in [1.807, 2.05) is 0 Å². The van der Waals surface area contributed by atoms with Gasteiger partial charge in [-0.05, 0) is 30.9 Å². The van der Waals surface area contributed by atoms with Crippen molar-refractivity contribution < 1.29 is 22.7 Å². The molecule has 0 bridgehead atoms. The van der Waals surface area contributed by atoms with Crippen molar-refractivity contribution in [1.29, 1.82) is 0 Å². The van der Waals surface area contributed by atoms with Crippen LogP contribution in [0, 0.1) is 5.92 Å². The molecule has 1 amide bonds. The van der Waals surface area contributed by atoms with E-state index in [1.54, 1.807) is 0 Å². The fraction of sp³-hybridized carbons (Fsp3) is 0.600. The van der Waals surface area contributed by atoms with Gasteiger partial charge in [-0.2, -0.15) is 13.2 Å². The lowest BCUT2D eigenvalue weighted by Crippen LogP contribution is -2.38. The van der Waals surface area contributed by atoms with E-state index in [0.29, 0.717) is 5.92 Å². The Balaban J connectivity index is 2.02. The summed E-state index contributed by atoms with van der Waals surface area (Å²) in [6, 6.07) is 2.96. The number of aromatic nitrogens is 1. The number of hydrogen-bond donors (Lipinski definition) is 1. The first kappa shape index (κ1) is 16.6. The molecule has 1 aliphatic rings. The van der Waals surface area contributed by atoms with E-state index in [1.165, 1.54) is 18.3 Å². The van der Waals surface area contributed by atoms with Crippen molar-refractivity contribution in [3.63, 3.8) is 0 Å². The predicted octanol–water partition coefficient (Wildman–Crippen LogP) is 3.33. The fourth-order valence-corrected chi connectivity index (χ4v) is 2.66. The summed E-state index contributed by atoms with van der Waals surface area (Å²) >= 11 is 0. The predicted molar refractivity (Wildman–Crippen MR) is 74.7 cm³/mol. The average Bonchev–Trinajstić information content (AvgIpc) is 2.44. The summed E-state index contributed by atoms with van der Waals surface area (Å²) in [7, 11) is 0. The summed E-state index contributed by atoms with van der Waals surface area (Å²) in [4.78, 5) is 16.0. The number of ether oxygens (including phenoxy) is 1. The molecular weight excluding hydrogens is 297 g/mol. The molecule has 4 nitrogen and oxygen atoms in total. The van der Waals surface area contributed by atoms with E-state index < -0.39 is 18.7 Å². The third-order valence-corrected chi connectivity index (χ3v) is 3.66. The van der Waals surface area contributed by atoms with Crippen molar-refractivity contribution in [2.75, 3.05) is 6.61 Å². The third kappa shape index (κ3) is 4.89. The normalized spacial score (nSPS) is 22.2. The maximum atomic E-state index is 12.3. The first-order valence-corrected chi connectivity index (χ1v) is 7.30. The highest BCUT2D eigenvalue weighted by molar-refractivity contribution is 5.96. The van der Waals surface area contributed by atoms with Crippen LogP contribution in [0.5, 0.6) is 5.88 Å². The van der Waals surface area contributed by atoms with Gasteiger partial charge in [0.15, 0.2) is 6.61 Å². The Kier molecular flexibility index (Phi) is 5.26. The molecule has 22 heavy (non-hydrogen) atoms. The molecule has 122 valence electrons. The summed E-state index contributed by atoms with van der Waals surface area (Å²) in [5, 5.41) is 2.86. The fourth-order valence-electron chi connectivity index (χ4n) is 2.66. The van der Waals surface area contributed by atoms with Crippen LogP contribution in [-0.4, -0.2) is 29.7 Å². The van der Waals surface area contributed by atoms with E-state index in [2.05, 4.69) is 22.0 Å². The lowest BCUT2D eigenvalue weighted by Gasteiger charge is -2.27. The first-order valence-electron chi connectivity index (χ1n) is 7.30. The van der Waals surface area contributed by atoms with Crippen molar-refractivity contribution in [1.82, 2.24) is 10.3 Å². The highest BCUT2D eigenvalue weighted by atomic mass is 19.4. The van der Waals surface area contributed by atoms with Crippen molar-refractivity contribution in [3.8, 4) is 5.88 Å². The number of carbonyl (C=O) groups is 1. The van der Waals surface area contributed by atoms with Gasteiger partial charge in [-0.25, -0.2) is 4.98 Å². The van der Waals surface area contributed by atoms with E-state index >= 15 is 0 Å². The van der Waals surface area contributed by atoms with Gasteiger partial charge >= 0.3 is 6.18 Å². The van der Waals surface area contributed by atoms with Crippen molar-refractivity contribution in [2.24, 2.45) is 5.92 Å². The minimum atomic E-state index is -4.47. The molecule has 0 aromatic carbocycles. The minimum Gasteiger partial charge on any atom is -0.467 e. The Bertz CT molecular complexity index is 520. The molecule has 1 N–H and O–H groups in total. The molecule has 1 aromatic heterocycles. The number of nitrogens with one attached hydrogen (secondary N) is 1. The monoisotopic (exact) mass is 316 g/mol. The standard InChI is InChI=1S/C15H19F3N2O2/c1-10-4-2-5-11(8-10)20-13(21)12-6-3-7-19-14(12)22-9-15(16,17)18/h3,6-7,10-11H,2,4-5,8-9H2,1H3,(H,20,21)/t10-,11-/m0/s1. The SMILES string of the molecule is C[C@H]1CCC[C@H](NC(=O)c2cccnc2OCC(F)(F)F)C1. The molecule has 1 saturated carbocycles. The molecule has 1 heterocycles. The van der Waals surface area contributed by atoms with Crippen LogP contribution >= 0.6 is 0 Å². The van der Waals surface area contributed by atoms with Crippen LogP contribution in [0.15, 0.2) is 18.3 Å². The Morgan fingerprint density at radius 3 is 2.91 bits per heavy atom. The molecule has 0 radical (unpaired) electrons. The second-order valence-corrected chi connectivity index (χ2v) is 5.70. The number of pyridine rings is 1. The molecule has 0 aliphatic heterocycles. The molecule has 0 unspecified atom stereocenters. The number of alkyl halides is 3. The lowest BCUT2D eigenvalue weighted by atomic mass is 9.87. The maximum absolute atomic E-state index is 12.3. The smallest absolute Gasteiger partial charge is 0.422 e. The Morgan fingerprint density at radius 1 is 1.45 bits per heavy atom. The zero-order valence-corrected chi connectivity index (χ0v) is 12.3. The first-order chi connectivity index (χ1) is 10.3. The topological polar surface area (TPSA) is 51.2 Å². The Hall–Kier alpha value is -1.79. The molecular formula is C15H19F3N2O2. The van der Waals surface area contributed by atoms with Gasteiger partial charge in [0, 0.05) is 12.2 Å². The van der Waals surface area contributed by atoms with Crippen LogP contribution in [0.3, 0.4) is 0 Å². The van der Waals surface area contributed by atoms with Gasteiger partial charge in [0.05, 0.1) is 0 Å². The third-order valence-electron chi connectivity index (χ3n) is 3.66. The van der Waals surface area contributed by atoms with Crippen LogP contribution in [0.2, 0.25) is 0 Å². The number of amides is 1. The Morgan fingerprint density at radius 2 is 2.23 bits per heavy atom. The van der Waals surface area contributed by atoms with Crippen LogP contribution in [0.25, 0.3) is 0 Å². The largest absolute Gasteiger partial charge is 0.467 e. The zero-order chi connectivity index (χ0) is 16.2. The molecule has 2 atom stereocenters. The molecule has 2 rings (SSSR count). The molecule has 1 aliphatic carbocycles. The van der Waals surface area contributed by atoms with Crippen molar-refractivity contribution in [2.45, 2.75) is 44.8 Å². The summed E-state index contributed by atoms with van der Waals surface area (Å²) in [6.45, 7) is 0.658. The van der Waals surface area contributed by atoms with Gasteiger partial charge in [-0.1, -0.05) is 19.8 Å². The van der Waals surface area contributed by atoms with Gasteiger partial charge in [0.1, 0.15) is 5.56 Å². The van der Waals surface area contributed by atoms with Gasteiger partial charge in [-0.3, -0.25) is 4.79 Å². The van der Waals surface area contributed by atoms with Gasteiger partial charge in [0.25, 0.3) is 5.91 Å². The summed E-state index contributed by atoms with van der Waals surface area (Å²) in [5.74, 6) is -0.195. The Labute approximate surface area is 127 Å². The lowest BCUT2D eigenvalue weighted by molar-refractivity contribution is -0.154. The number of halogens is 3. The summed E-state index contributed by atoms with van der Waals surface area (Å²) < 4.78 is 41.3. The molecule has 0 spiro atoms. The molecule has 1 aromatic rings. The zero-order valence-electron chi connectivity index (χ0n) is 12.3. The minimum absolute atomic E-state index is 0.0324. The van der Waals surface area contributed by atoms with E-state index in [9.17, 15) is 18.0 Å². The van der Waals surface area contributed by atoms with Crippen LogP contribution < -0.4 is 10.1 Å². The molecule has 1 fully saturated rings. The van der Waals surface area contributed by atoms with Gasteiger partial charge in [0.2, 0.25) is 5.88 Å². The average molecular weight is 316 g/mol. The van der Waals surface area contributed by atoms with Gasteiger partial charge in [-0.15, -0.1) is 0 Å². The van der Waals surface area contributed by atoms with Crippen molar-refractivity contribution >= 4 is 5.91 Å². The second-order valence-electron chi connectivity index (χ2n) is 5.70. The maximum Gasteiger partial charge on any atom is 0.422 e. The number of rotatable bonds is 4. The molecule has 0 saturated heterocycles. The van der Waals surface area contributed by atoms with Gasteiger partial charge < -0.3 is 10.1 Å². The van der Waals surface area contributed by atoms with E-state index in [0.717, 1.165) is 25.7 Å². The highest BCUT2D eigenvalue weighted by Gasteiger charge is 2.30. The summed E-state index contributed by atoms with van der Waals surface area (Å²) in [5.41, 5.74) is 0.0324. The number of hydrogen-bond acceptors (Lipinski definition) is 3. The van der Waals surface area contributed by atoms with Crippen LogP contribution in [0.1, 0.15) is 43.0 Å². The second kappa shape index (κ2) is 6.98. The van der Waals surface area contributed by atoms with Crippen LogP contribution in [-0.2, 0) is 0 Å². The van der Waals surface area contributed by atoms with E-state index in [-0.39, 0.29) is 17.5 Å². The number of nitrogens with zero attached hydrogens (tertiary/aromatic N) is 1. The number of carbonyl (C=O) groups excluding carboxylic acids is 1.